The van der Waals surface area contributed by atoms with Gasteiger partial charge in [-0.1, -0.05) is 15.9 Å². The zero-order valence-corrected chi connectivity index (χ0v) is 15.2. The first-order chi connectivity index (χ1) is 11.6. The molecule has 1 aromatic rings. The third-order valence-corrected chi connectivity index (χ3v) is 5.10. The van der Waals surface area contributed by atoms with Gasteiger partial charge in [0, 0.05) is 48.7 Å². The van der Waals surface area contributed by atoms with Gasteiger partial charge in [-0.3, -0.25) is 4.90 Å². The third kappa shape index (κ3) is 4.62. The number of carbonyl (C=O) groups is 1. The molecule has 1 aromatic carbocycles. The van der Waals surface area contributed by atoms with E-state index in [1.807, 2.05) is 12.1 Å². The average Bonchev–Trinajstić information content (AvgIpc) is 2.98. The number of halogens is 1. The SMILES string of the molecule is O=C(NCCN1CC[C@H](O)C1)NCC1CCOc2ccc(Br)cc21. The van der Waals surface area contributed by atoms with Gasteiger partial charge in [0.1, 0.15) is 5.75 Å². The van der Waals surface area contributed by atoms with E-state index >= 15 is 0 Å². The standard InChI is InChI=1S/C17H24BrN3O3/c18-13-1-2-16-15(9-13)12(4-8-24-16)10-20-17(23)19-5-7-21-6-3-14(22)11-21/h1-2,9,12,14,22H,3-8,10-11H2,(H2,19,20,23)/t12?,14-/m0/s1. The maximum atomic E-state index is 12.0. The quantitative estimate of drug-likeness (QED) is 0.706. The van der Waals surface area contributed by atoms with Gasteiger partial charge in [-0.05, 0) is 31.0 Å². The number of nitrogens with one attached hydrogen (secondary N) is 2. The van der Waals surface area contributed by atoms with Crippen molar-refractivity contribution in [3.63, 3.8) is 0 Å². The number of amides is 2. The Labute approximate surface area is 150 Å². The van der Waals surface area contributed by atoms with Gasteiger partial charge in [0.05, 0.1) is 12.7 Å². The Morgan fingerprint density at radius 3 is 3.04 bits per heavy atom. The molecule has 0 bridgehead atoms. The molecule has 0 spiro atoms. The zero-order valence-electron chi connectivity index (χ0n) is 13.6. The zero-order chi connectivity index (χ0) is 16.9. The Morgan fingerprint density at radius 2 is 2.25 bits per heavy atom. The van der Waals surface area contributed by atoms with Crippen LogP contribution in [0.4, 0.5) is 4.79 Å². The highest BCUT2D eigenvalue weighted by molar-refractivity contribution is 9.10. The van der Waals surface area contributed by atoms with Gasteiger partial charge in [0.15, 0.2) is 0 Å². The van der Waals surface area contributed by atoms with Gasteiger partial charge in [-0.15, -0.1) is 0 Å². The number of fused-ring (bicyclic) bond motifs is 1. The highest BCUT2D eigenvalue weighted by atomic mass is 79.9. The Morgan fingerprint density at radius 1 is 1.38 bits per heavy atom. The molecule has 132 valence electrons. The molecule has 1 fully saturated rings. The van der Waals surface area contributed by atoms with Crippen LogP contribution in [0.2, 0.25) is 0 Å². The topological polar surface area (TPSA) is 73.8 Å². The van der Waals surface area contributed by atoms with Crippen LogP contribution in [0.3, 0.4) is 0 Å². The van der Waals surface area contributed by atoms with Crippen molar-refractivity contribution in [2.24, 2.45) is 0 Å². The van der Waals surface area contributed by atoms with Crippen LogP contribution in [0.5, 0.6) is 5.75 Å². The highest BCUT2D eigenvalue weighted by Crippen LogP contribution is 2.35. The maximum Gasteiger partial charge on any atom is 0.314 e. The van der Waals surface area contributed by atoms with E-state index in [4.69, 9.17) is 4.74 Å². The summed E-state index contributed by atoms with van der Waals surface area (Å²) < 4.78 is 6.69. The minimum atomic E-state index is -0.216. The summed E-state index contributed by atoms with van der Waals surface area (Å²) in [6.07, 6.45) is 1.51. The number of β-amino-alcohol motifs (C(OH)–C–C–N with tert-alkyl or cyclic N) is 1. The van der Waals surface area contributed by atoms with E-state index in [0.29, 0.717) is 26.2 Å². The van der Waals surface area contributed by atoms with Crippen molar-refractivity contribution in [3.05, 3.63) is 28.2 Å². The number of benzene rings is 1. The lowest BCUT2D eigenvalue weighted by atomic mass is 9.93. The molecule has 6 nitrogen and oxygen atoms in total. The molecule has 7 heteroatoms. The molecule has 2 heterocycles. The predicted molar refractivity (Wildman–Crippen MR) is 95.5 cm³/mol. The van der Waals surface area contributed by atoms with E-state index in [1.54, 1.807) is 0 Å². The van der Waals surface area contributed by atoms with Gasteiger partial charge in [-0.25, -0.2) is 4.79 Å². The summed E-state index contributed by atoms with van der Waals surface area (Å²) in [6.45, 7) is 4.25. The summed E-state index contributed by atoms with van der Waals surface area (Å²) in [6, 6.07) is 5.86. The molecule has 2 atom stereocenters. The number of rotatable bonds is 5. The van der Waals surface area contributed by atoms with Gasteiger partial charge in [0.2, 0.25) is 0 Å². The van der Waals surface area contributed by atoms with E-state index in [9.17, 15) is 9.90 Å². The van der Waals surface area contributed by atoms with E-state index in [1.165, 1.54) is 0 Å². The molecule has 2 amide bonds. The van der Waals surface area contributed by atoms with Gasteiger partial charge < -0.3 is 20.5 Å². The number of ether oxygens (including phenoxy) is 1. The average molecular weight is 398 g/mol. The van der Waals surface area contributed by atoms with Crippen LogP contribution in [0.25, 0.3) is 0 Å². The number of carbonyl (C=O) groups excluding carboxylic acids is 1. The van der Waals surface area contributed by atoms with Crippen LogP contribution < -0.4 is 15.4 Å². The van der Waals surface area contributed by atoms with Crippen molar-refractivity contribution in [1.29, 1.82) is 0 Å². The fourth-order valence-electron chi connectivity index (χ4n) is 3.27. The number of nitrogens with zero attached hydrogens (tertiary/aromatic N) is 1. The van der Waals surface area contributed by atoms with Crippen molar-refractivity contribution >= 4 is 22.0 Å². The normalized spacial score (nSPS) is 23.4. The second-order valence-corrected chi connectivity index (χ2v) is 7.31. The van der Waals surface area contributed by atoms with Crippen LogP contribution in [0.15, 0.2) is 22.7 Å². The molecule has 0 radical (unpaired) electrons. The molecule has 2 aliphatic heterocycles. The Hall–Kier alpha value is -1.31. The minimum Gasteiger partial charge on any atom is -0.493 e. The fraction of sp³-hybridized carbons (Fsp3) is 0.588. The molecule has 24 heavy (non-hydrogen) atoms. The van der Waals surface area contributed by atoms with Gasteiger partial charge in [-0.2, -0.15) is 0 Å². The highest BCUT2D eigenvalue weighted by Gasteiger charge is 2.22. The van der Waals surface area contributed by atoms with E-state index in [2.05, 4.69) is 37.5 Å². The lowest BCUT2D eigenvalue weighted by molar-refractivity contribution is 0.176. The fourth-order valence-corrected chi connectivity index (χ4v) is 3.65. The summed E-state index contributed by atoms with van der Waals surface area (Å²) >= 11 is 3.49. The van der Waals surface area contributed by atoms with Crippen LogP contribution >= 0.6 is 15.9 Å². The second-order valence-electron chi connectivity index (χ2n) is 6.40. The molecule has 3 rings (SSSR count). The monoisotopic (exact) mass is 397 g/mol. The molecule has 1 saturated heterocycles. The Balaban J connectivity index is 1.41. The lowest BCUT2D eigenvalue weighted by Crippen LogP contribution is -2.41. The summed E-state index contributed by atoms with van der Waals surface area (Å²) in [5.74, 6) is 1.18. The van der Waals surface area contributed by atoms with Crippen molar-refractivity contribution < 1.29 is 14.6 Å². The minimum absolute atomic E-state index is 0.141. The van der Waals surface area contributed by atoms with Crippen molar-refractivity contribution in [2.45, 2.75) is 24.9 Å². The molecule has 3 N–H and O–H groups in total. The number of aliphatic hydroxyl groups excluding tert-OH is 1. The van der Waals surface area contributed by atoms with Crippen molar-refractivity contribution in [3.8, 4) is 5.75 Å². The van der Waals surface area contributed by atoms with E-state index in [0.717, 1.165) is 41.7 Å². The molecule has 0 saturated carbocycles. The van der Waals surface area contributed by atoms with E-state index in [-0.39, 0.29) is 18.1 Å². The number of likely N-dealkylation sites (tertiary alicyclic amines) is 1. The molecule has 1 unspecified atom stereocenters. The van der Waals surface area contributed by atoms with Crippen molar-refractivity contribution in [1.82, 2.24) is 15.5 Å². The van der Waals surface area contributed by atoms with Crippen LogP contribution in [-0.4, -0.2) is 61.5 Å². The first kappa shape index (κ1) is 17.5. The number of urea groups is 1. The number of aliphatic hydroxyl groups is 1. The number of hydrogen-bond acceptors (Lipinski definition) is 4. The first-order valence-electron chi connectivity index (χ1n) is 8.46. The Kier molecular flexibility index (Phi) is 5.97. The second kappa shape index (κ2) is 8.18. The van der Waals surface area contributed by atoms with Crippen LogP contribution in [-0.2, 0) is 0 Å². The van der Waals surface area contributed by atoms with Gasteiger partial charge >= 0.3 is 6.03 Å². The molecule has 0 aromatic heterocycles. The van der Waals surface area contributed by atoms with E-state index < -0.39 is 0 Å². The summed E-state index contributed by atoms with van der Waals surface area (Å²) in [7, 11) is 0. The largest absolute Gasteiger partial charge is 0.493 e. The lowest BCUT2D eigenvalue weighted by Gasteiger charge is -2.26. The first-order valence-corrected chi connectivity index (χ1v) is 9.25. The summed E-state index contributed by atoms with van der Waals surface area (Å²) in [5, 5.41) is 15.3. The molecular formula is C17H24BrN3O3. The van der Waals surface area contributed by atoms with Gasteiger partial charge in [0.25, 0.3) is 0 Å². The molecule has 2 aliphatic rings. The molecular weight excluding hydrogens is 374 g/mol. The summed E-state index contributed by atoms with van der Waals surface area (Å²) in [4.78, 5) is 14.1. The Bertz CT molecular complexity index is 584. The number of hydrogen-bond donors (Lipinski definition) is 3. The summed E-state index contributed by atoms with van der Waals surface area (Å²) in [5.41, 5.74) is 1.14. The predicted octanol–water partition coefficient (Wildman–Crippen LogP) is 1.68. The molecule has 0 aliphatic carbocycles. The van der Waals surface area contributed by atoms with Crippen LogP contribution in [0.1, 0.15) is 24.3 Å². The third-order valence-electron chi connectivity index (χ3n) is 4.61. The smallest absolute Gasteiger partial charge is 0.314 e. The van der Waals surface area contributed by atoms with Crippen LogP contribution in [0, 0.1) is 0 Å². The van der Waals surface area contributed by atoms with Crippen molar-refractivity contribution in [2.75, 3.05) is 39.3 Å². The maximum absolute atomic E-state index is 12.0.